The molecule has 0 amide bonds. The predicted molar refractivity (Wildman–Crippen MR) is 55.7 cm³/mol. The summed E-state index contributed by atoms with van der Waals surface area (Å²) in [7, 11) is 1.63. The normalized spacial score (nSPS) is 20.4. The summed E-state index contributed by atoms with van der Waals surface area (Å²) in [6.45, 7) is 0.800. The van der Waals surface area contributed by atoms with Gasteiger partial charge in [0, 0.05) is 0 Å². The van der Waals surface area contributed by atoms with Crippen molar-refractivity contribution in [3.63, 3.8) is 0 Å². The van der Waals surface area contributed by atoms with Gasteiger partial charge in [-0.25, -0.2) is 0 Å². The van der Waals surface area contributed by atoms with Gasteiger partial charge in [0.1, 0.15) is 5.75 Å². The van der Waals surface area contributed by atoms with Crippen molar-refractivity contribution in [2.75, 3.05) is 13.7 Å². The molecule has 1 saturated heterocycles. The molecule has 0 radical (unpaired) electrons. The third kappa shape index (κ3) is 2.48. The highest BCUT2D eigenvalue weighted by atomic mass is 16.6. The molecule has 1 aromatic carbocycles. The first kappa shape index (κ1) is 10.0. The lowest BCUT2D eigenvalue weighted by molar-refractivity contribution is 0.391. The Morgan fingerprint density at radius 3 is 2.67 bits per heavy atom. The molecule has 3 heteroatoms. The van der Waals surface area contributed by atoms with E-state index in [9.17, 15) is 0 Å². The Morgan fingerprint density at radius 2 is 2.20 bits per heavy atom. The summed E-state index contributed by atoms with van der Waals surface area (Å²) in [6, 6.07) is 9.95. The van der Waals surface area contributed by atoms with E-state index in [0.717, 1.165) is 24.3 Å². The van der Waals surface area contributed by atoms with Crippen molar-refractivity contribution >= 4 is 0 Å². The van der Waals surface area contributed by atoms with E-state index in [1.807, 2.05) is 24.3 Å². The molecule has 2 rings (SSSR count). The van der Waals surface area contributed by atoms with E-state index in [4.69, 9.17) is 14.7 Å². The molecule has 1 unspecified atom stereocenters. The molecule has 0 bridgehead atoms. The molecule has 2 atom stereocenters. The largest absolute Gasteiger partial charge is 0.497 e. The highest BCUT2D eigenvalue weighted by molar-refractivity contribution is 5.32. The standard InChI is InChI=1S/C12H13NO2/c1-14-11-4-2-9(3-5-11)10(7-13)6-12-8-15-12/h2-5,10,12H,6,8H2,1H3/t10?,12-/m0/s1. The summed E-state index contributed by atoms with van der Waals surface area (Å²) < 4.78 is 10.2. The average molecular weight is 203 g/mol. The van der Waals surface area contributed by atoms with Gasteiger partial charge in [0.15, 0.2) is 0 Å². The SMILES string of the molecule is COc1ccc(C(C#N)C[C@H]2CO2)cc1. The summed E-state index contributed by atoms with van der Waals surface area (Å²) in [5.74, 6) is 0.751. The van der Waals surface area contributed by atoms with Gasteiger partial charge in [-0.05, 0) is 24.1 Å². The molecule has 78 valence electrons. The van der Waals surface area contributed by atoms with Crippen LogP contribution in [-0.2, 0) is 4.74 Å². The third-order valence-electron chi connectivity index (χ3n) is 2.57. The fourth-order valence-electron chi connectivity index (χ4n) is 1.57. The Balaban J connectivity index is 2.08. The molecule has 1 aliphatic heterocycles. The summed E-state index contributed by atoms with van der Waals surface area (Å²) in [5.41, 5.74) is 1.04. The van der Waals surface area contributed by atoms with Gasteiger partial charge < -0.3 is 9.47 Å². The van der Waals surface area contributed by atoms with Crippen LogP contribution in [0.1, 0.15) is 17.9 Å². The molecular weight excluding hydrogens is 190 g/mol. The molecule has 0 aliphatic carbocycles. The fourth-order valence-corrected chi connectivity index (χ4v) is 1.57. The second-order valence-corrected chi connectivity index (χ2v) is 3.65. The van der Waals surface area contributed by atoms with E-state index in [1.54, 1.807) is 7.11 Å². The van der Waals surface area contributed by atoms with Gasteiger partial charge in [-0.1, -0.05) is 12.1 Å². The highest BCUT2D eigenvalue weighted by Crippen LogP contribution is 2.27. The van der Waals surface area contributed by atoms with Crippen LogP contribution in [0.3, 0.4) is 0 Å². The molecule has 1 fully saturated rings. The molecule has 1 aromatic rings. The van der Waals surface area contributed by atoms with Crippen molar-refractivity contribution in [3.8, 4) is 11.8 Å². The van der Waals surface area contributed by atoms with E-state index in [1.165, 1.54) is 0 Å². The van der Waals surface area contributed by atoms with Crippen molar-refractivity contribution in [1.29, 1.82) is 5.26 Å². The van der Waals surface area contributed by atoms with Crippen LogP contribution in [0, 0.1) is 11.3 Å². The Bertz CT molecular complexity index is 362. The van der Waals surface area contributed by atoms with Gasteiger partial charge in [-0.3, -0.25) is 0 Å². The van der Waals surface area contributed by atoms with Crippen LogP contribution in [0.2, 0.25) is 0 Å². The lowest BCUT2D eigenvalue weighted by atomic mass is 9.96. The smallest absolute Gasteiger partial charge is 0.118 e. The quantitative estimate of drug-likeness (QED) is 0.704. The zero-order valence-electron chi connectivity index (χ0n) is 8.64. The average Bonchev–Trinajstić information content (AvgIpc) is 3.10. The lowest BCUT2D eigenvalue weighted by Crippen LogP contribution is -2.00. The van der Waals surface area contributed by atoms with E-state index < -0.39 is 0 Å². The van der Waals surface area contributed by atoms with Crippen LogP contribution in [-0.4, -0.2) is 19.8 Å². The van der Waals surface area contributed by atoms with E-state index in [2.05, 4.69) is 6.07 Å². The van der Waals surface area contributed by atoms with E-state index >= 15 is 0 Å². The molecule has 3 nitrogen and oxygen atoms in total. The molecule has 0 aromatic heterocycles. The third-order valence-corrected chi connectivity index (χ3v) is 2.57. The number of ether oxygens (including phenoxy) is 2. The maximum Gasteiger partial charge on any atom is 0.118 e. The summed E-state index contributed by atoms with van der Waals surface area (Å²) in [6.07, 6.45) is 1.08. The number of benzene rings is 1. The topological polar surface area (TPSA) is 45.5 Å². The minimum Gasteiger partial charge on any atom is -0.497 e. The zero-order chi connectivity index (χ0) is 10.7. The van der Waals surface area contributed by atoms with Gasteiger partial charge in [-0.2, -0.15) is 5.26 Å². The van der Waals surface area contributed by atoms with Crippen LogP contribution in [0.25, 0.3) is 0 Å². The van der Waals surface area contributed by atoms with E-state index in [-0.39, 0.29) is 12.0 Å². The summed E-state index contributed by atoms with van der Waals surface area (Å²) in [4.78, 5) is 0. The zero-order valence-corrected chi connectivity index (χ0v) is 8.64. The number of hydrogen-bond donors (Lipinski definition) is 0. The Kier molecular flexibility index (Phi) is 2.89. The van der Waals surface area contributed by atoms with Crippen molar-refractivity contribution < 1.29 is 9.47 Å². The van der Waals surface area contributed by atoms with Crippen LogP contribution < -0.4 is 4.74 Å². The van der Waals surface area contributed by atoms with Crippen molar-refractivity contribution in [3.05, 3.63) is 29.8 Å². The fraction of sp³-hybridized carbons (Fsp3) is 0.417. The van der Waals surface area contributed by atoms with Crippen molar-refractivity contribution in [2.45, 2.75) is 18.4 Å². The number of nitriles is 1. The van der Waals surface area contributed by atoms with Crippen LogP contribution >= 0.6 is 0 Å². The maximum absolute atomic E-state index is 9.05. The Hall–Kier alpha value is -1.53. The second-order valence-electron chi connectivity index (χ2n) is 3.65. The first-order valence-corrected chi connectivity index (χ1v) is 4.98. The van der Waals surface area contributed by atoms with Gasteiger partial charge >= 0.3 is 0 Å². The van der Waals surface area contributed by atoms with Gasteiger partial charge in [0.2, 0.25) is 0 Å². The van der Waals surface area contributed by atoms with Crippen LogP contribution in [0.5, 0.6) is 5.75 Å². The molecule has 0 spiro atoms. The summed E-state index contributed by atoms with van der Waals surface area (Å²) in [5, 5.41) is 9.05. The van der Waals surface area contributed by atoms with Gasteiger partial charge in [0.25, 0.3) is 0 Å². The number of hydrogen-bond acceptors (Lipinski definition) is 3. The Labute approximate surface area is 89.2 Å². The minimum atomic E-state index is -0.0663. The molecule has 0 N–H and O–H groups in total. The van der Waals surface area contributed by atoms with Crippen LogP contribution in [0.4, 0.5) is 0 Å². The molecular formula is C12H13NO2. The first-order valence-electron chi connectivity index (χ1n) is 4.98. The lowest BCUT2D eigenvalue weighted by Gasteiger charge is -2.08. The number of methoxy groups -OCH3 is 1. The molecule has 15 heavy (non-hydrogen) atoms. The summed E-state index contributed by atoms with van der Waals surface area (Å²) >= 11 is 0. The first-order chi connectivity index (χ1) is 7.33. The predicted octanol–water partition coefficient (Wildman–Crippen LogP) is 2.09. The minimum absolute atomic E-state index is 0.0663. The molecule has 1 heterocycles. The number of epoxide rings is 1. The van der Waals surface area contributed by atoms with Crippen molar-refractivity contribution in [2.24, 2.45) is 0 Å². The molecule has 1 aliphatic rings. The van der Waals surface area contributed by atoms with Crippen molar-refractivity contribution in [1.82, 2.24) is 0 Å². The van der Waals surface area contributed by atoms with E-state index in [0.29, 0.717) is 0 Å². The maximum atomic E-state index is 9.05. The Morgan fingerprint density at radius 1 is 1.53 bits per heavy atom. The van der Waals surface area contributed by atoms with Gasteiger partial charge in [-0.15, -0.1) is 0 Å². The second kappa shape index (κ2) is 4.33. The number of rotatable bonds is 4. The van der Waals surface area contributed by atoms with Gasteiger partial charge in [0.05, 0.1) is 31.8 Å². The van der Waals surface area contributed by atoms with Crippen LogP contribution in [0.15, 0.2) is 24.3 Å². The monoisotopic (exact) mass is 203 g/mol. The highest BCUT2D eigenvalue weighted by Gasteiger charge is 2.27. The molecule has 0 saturated carbocycles. The number of nitrogens with zero attached hydrogens (tertiary/aromatic N) is 1.